The van der Waals surface area contributed by atoms with Crippen molar-refractivity contribution in [1.82, 2.24) is 9.13 Å². The summed E-state index contributed by atoms with van der Waals surface area (Å²) in [6.45, 7) is 1.94. The molecule has 0 bridgehead atoms. The predicted molar refractivity (Wildman–Crippen MR) is 119 cm³/mol. The number of hydrogen-bond acceptors (Lipinski definition) is 6. The zero-order valence-electron chi connectivity index (χ0n) is 17.2. The Morgan fingerprint density at radius 3 is 2.13 bits per heavy atom. The monoisotopic (exact) mass is 416 g/mol. The number of para-hydroxylation sites is 1. The van der Waals surface area contributed by atoms with Crippen LogP contribution in [0.15, 0.2) is 74.0 Å². The van der Waals surface area contributed by atoms with Crippen LogP contribution in [0.2, 0.25) is 0 Å². The number of aromatic nitrogens is 2. The molecule has 3 aromatic carbocycles. The van der Waals surface area contributed by atoms with Gasteiger partial charge in [0.15, 0.2) is 11.1 Å². The second-order valence-corrected chi connectivity index (χ2v) is 7.27. The van der Waals surface area contributed by atoms with Gasteiger partial charge in [-0.2, -0.15) is 0 Å². The largest absolute Gasteiger partial charge is 0.505 e. The number of nitrogens with one attached hydrogen (secondary N) is 1. The summed E-state index contributed by atoms with van der Waals surface area (Å²) < 4.78 is 2.13. The van der Waals surface area contributed by atoms with Gasteiger partial charge in [-0.05, 0) is 31.2 Å². The maximum absolute atomic E-state index is 13.0. The van der Waals surface area contributed by atoms with Gasteiger partial charge in [0.2, 0.25) is 5.43 Å². The summed E-state index contributed by atoms with van der Waals surface area (Å²) in [4.78, 5) is 42.5. The second-order valence-electron chi connectivity index (χ2n) is 7.27. The Kier molecular flexibility index (Phi) is 4.90. The van der Waals surface area contributed by atoms with E-state index in [0.29, 0.717) is 11.4 Å². The molecular weight excluding hydrogens is 396 g/mol. The summed E-state index contributed by atoms with van der Waals surface area (Å²) in [5.74, 6) is -0.262. The molecular formula is C23H20N4O4. The lowest BCUT2D eigenvalue weighted by Crippen LogP contribution is -2.42. The van der Waals surface area contributed by atoms with Crippen LogP contribution in [0, 0.1) is 6.92 Å². The Balaban J connectivity index is 1.94. The lowest BCUT2D eigenvalue weighted by Gasteiger charge is -2.18. The van der Waals surface area contributed by atoms with Gasteiger partial charge in [0.25, 0.3) is 5.56 Å². The van der Waals surface area contributed by atoms with E-state index < -0.39 is 16.7 Å². The summed E-state index contributed by atoms with van der Waals surface area (Å²) in [6, 6.07) is 16.1. The summed E-state index contributed by atoms with van der Waals surface area (Å²) in [5, 5.41) is 13.5. The fourth-order valence-corrected chi connectivity index (χ4v) is 3.35. The first-order valence-electron chi connectivity index (χ1n) is 9.55. The highest BCUT2D eigenvalue weighted by Crippen LogP contribution is 2.29. The quantitative estimate of drug-likeness (QED) is 0.529. The van der Waals surface area contributed by atoms with Crippen molar-refractivity contribution in [1.29, 1.82) is 0 Å². The Bertz CT molecular complexity index is 1490. The number of rotatable bonds is 4. The van der Waals surface area contributed by atoms with Crippen LogP contribution in [-0.2, 0) is 14.1 Å². The molecule has 0 spiro atoms. The molecule has 156 valence electrons. The fourth-order valence-electron chi connectivity index (χ4n) is 3.35. The molecule has 0 atom stereocenters. The molecule has 0 saturated heterocycles. The van der Waals surface area contributed by atoms with Crippen molar-refractivity contribution in [3.8, 4) is 16.9 Å². The fraction of sp³-hybridized carbons (Fsp3) is 0.130. The average molecular weight is 416 g/mol. The summed E-state index contributed by atoms with van der Waals surface area (Å²) in [6.07, 6.45) is 0. The van der Waals surface area contributed by atoms with E-state index >= 15 is 0 Å². The Morgan fingerprint density at radius 1 is 0.871 bits per heavy atom. The number of aryl methyl sites for hydroxylation is 1. The molecule has 4 aromatic rings. The number of nitrogens with zero attached hydrogens (tertiary/aromatic N) is 3. The first kappa shape index (κ1) is 20.1. The number of benzene rings is 2. The Morgan fingerprint density at radius 2 is 1.52 bits per heavy atom. The number of anilines is 2. The average Bonchev–Trinajstić information content (AvgIpc) is 2.78. The van der Waals surface area contributed by atoms with Gasteiger partial charge >= 0.3 is 5.69 Å². The molecule has 0 unspecified atom stereocenters. The van der Waals surface area contributed by atoms with E-state index in [0.717, 1.165) is 10.1 Å². The molecule has 0 radical (unpaired) electrons. The molecule has 1 heterocycles. The molecule has 0 saturated carbocycles. The van der Waals surface area contributed by atoms with Gasteiger partial charge in [0.05, 0.1) is 16.8 Å². The predicted octanol–water partition coefficient (Wildman–Crippen LogP) is 1.98. The molecule has 8 heteroatoms. The van der Waals surface area contributed by atoms with Crippen molar-refractivity contribution >= 4 is 17.2 Å². The molecule has 0 fully saturated rings. The Hall–Kier alpha value is -4.20. The molecule has 4 rings (SSSR count). The number of aromatic hydroxyl groups is 1. The smallest absolute Gasteiger partial charge is 0.332 e. The molecule has 0 amide bonds. The van der Waals surface area contributed by atoms with Crippen LogP contribution in [0.1, 0.15) is 5.56 Å². The molecule has 0 aliphatic carbocycles. The lowest BCUT2D eigenvalue weighted by atomic mass is 10.0. The zero-order chi connectivity index (χ0) is 22.3. The maximum atomic E-state index is 13.0. The standard InChI is InChI=1S/C23H20N4O4/c1-13-9-11-15(12-10-13)25-21-17(22(30)27(3)23(31)26(21)2)16-19(28)18(20(16)29)24-14-7-5-4-6-8-14/h4-12,25,28H,1-3H3. The molecule has 2 N–H and O–H groups in total. The van der Waals surface area contributed by atoms with Crippen molar-refractivity contribution < 1.29 is 5.11 Å². The van der Waals surface area contributed by atoms with Crippen molar-refractivity contribution in [2.45, 2.75) is 6.92 Å². The maximum Gasteiger partial charge on any atom is 0.332 e. The van der Waals surface area contributed by atoms with Crippen LogP contribution in [0.4, 0.5) is 17.2 Å². The van der Waals surface area contributed by atoms with Crippen molar-refractivity contribution in [3.05, 3.63) is 96.6 Å². The van der Waals surface area contributed by atoms with E-state index in [2.05, 4.69) is 10.3 Å². The van der Waals surface area contributed by atoms with Gasteiger partial charge in [0.1, 0.15) is 5.82 Å². The summed E-state index contributed by atoms with van der Waals surface area (Å²) in [7, 11) is 2.81. The third kappa shape index (κ3) is 3.38. The normalized spacial score (nSPS) is 11.8. The van der Waals surface area contributed by atoms with Crippen LogP contribution >= 0.6 is 0 Å². The first-order valence-corrected chi connectivity index (χ1v) is 9.55. The van der Waals surface area contributed by atoms with E-state index in [1.165, 1.54) is 18.7 Å². The van der Waals surface area contributed by atoms with Crippen molar-refractivity contribution in [2.24, 2.45) is 19.1 Å². The number of hydrogen-bond donors (Lipinski definition) is 2. The van der Waals surface area contributed by atoms with Crippen molar-refractivity contribution in [3.63, 3.8) is 0 Å². The van der Waals surface area contributed by atoms with E-state index in [9.17, 15) is 19.5 Å². The van der Waals surface area contributed by atoms with Gasteiger partial charge in [0, 0.05) is 19.8 Å². The summed E-state index contributed by atoms with van der Waals surface area (Å²) in [5.41, 5.74) is 0.104. The topological polar surface area (TPSA) is 106 Å². The molecule has 8 nitrogen and oxygen atoms in total. The minimum Gasteiger partial charge on any atom is -0.505 e. The lowest BCUT2D eigenvalue weighted by molar-refractivity contribution is 0.463. The van der Waals surface area contributed by atoms with E-state index in [1.54, 1.807) is 36.4 Å². The van der Waals surface area contributed by atoms with Gasteiger partial charge in [-0.25, -0.2) is 9.79 Å². The van der Waals surface area contributed by atoms with E-state index in [1.807, 2.05) is 25.1 Å². The highest BCUT2D eigenvalue weighted by Gasteiger charge is 2.28. The highest BCUT2D eigenvalue weighted by molar-refractivity contribution is 5.83. The summed E-state index contributed by atoms with van der Waals surface area (Å²) >= 11 is 0. The molecule has 0 aliphatic heterocycles. The molecule has 0 aliphatic rings. The highest BCUT2D eigenvalue weighted by atomic mass is 16.3. The van der Waals surface area contributed by atoms with Crippen molar-refractivity contribution in [2.75, 3.05) is 5.32 Å². The van der Waals surface area contributed by atoms with Gasteiger partial charge < -0.3 is 10.4 Å². The Labute approximate surface area is 176 Å². The minimum absolute atomic E-state index is 0.0836. The van der Waals surface area contributed by atoms with E-state index in [-0.39, 0.29) is 28.1 Å². The van der Waals surface area contributed by atoms with Gasteiger partial charge in [-0.3, -0.25) is 18.7 Å². The SMILES string of the molecule is Cc1ccc(Nc2c(-c3c(O)c(=Nc4ccccc4)c3=O)c(=O)n(C)c(=O)n2C)cc1. The van der Waals surface area contributed by atoms with Gasteiger partial charge in [-0.15, -0.1) is 0 Å². The molecule has 1 aromatic heterocycles. The zero-order valence-corrected chi connectivity index (χ0v) is 17.2. The van der Waals surface area contributed by atoms with Crippen LogP contribution < -0.4 is 27.4 Å². The minimum atomic E-state index is -0.689. The third-order valence-electron chi connectivity index (χ3n) is 5.13. The van der Waals surface area contributed by atoms with Crippen LogP contribution in [0.3, 0.4) is 0 Å². The molecule has 31 heavy (non-hydrogen) atoms. The van der Waals surface area contributed by atoms with Crippen LogP contribution in [0.5, 0.6) is 5.75 Å². The van der Waals surface area contributed by atoms with Gasteiger partial charge in [-0.1, -0.05) is 35.9 Å². The van der Waals surface area contributed by atoms with Crippen LogP contribution in [0.25, 0.3) is 11.1 Å². The third-order valence-corrected chi connectivity index (χ3v) is 5.13. The second kappa shape index (κ2) is 7.56. The van der Waals surface area contributed by atoms with Crippen LogP contribution in [-0.4, -0.2) is 14.2 Å². The van der Waals surface area contributed by atoms with E-state index in [4.69, 9.17) is 0 Å². The first-order chi connectivity index (χ1) is 14.8.